The third kappa shape index (κ3) is 4.16. The van der Waals surface area contributed by atoms with E-state index in [1.807, 2.05) is 0 Å². The number of anilines is 3. The minimum Gasteiger partial charge on any atom is -0.366 e. The SMILES string of the molecule is Cc1nc(Nc2ccc(F)cc2)cc(NC2CCS(=O)(=O)C2)n1. The number of halogens is 1. The maximum atomic E-state index is 12.9. The van der Waals surface area contributed by atoms with Crippen molar-refractivity contribution in [1.29, 1.82) is 0 Å². The number of aromatic nitrogens is 2. The van der Waals surface area contributed by atoms with Crippen molar-refractivity contribution < 1.29 is 12.8 Å². The molecule has 1 saturated heterocycles. The van der Waals surface area contributed by atoms with Crippen LogP contribution in [0, 0.1) is 12.7 Å². The summed E-state index contributed by atoms with van der Waals surface area (Å²) in [6, 6.07) is 7.53. The van der Waals surface area contributed by atoms with Gasteiger partial charge in [-0.3, -0.25) is 0 Å². The Balaban J connectivity index is 1.75. The molecule has 8 heteroatoms. The molecule has 2 N–H and O–H groups in total. The number of hydrogen-bond acceptors (Lipinski definition) is 6. The molecule has 0 saturated carbocycles. The molecule has 122 valence electrons. The summed E-state index contributed by atoms with van der Waals surface area (Å²) in [4.78, 5) is 8.56. The first-order valence-electron chi connectivity index (χ1n) is 7.25. The molecule has 0 spiro atoms. The van der Waals surface area contributed by atoms with Crippen LogP contribution in [0.5, 0.6) is 0 Å². The van der Waals surface area contributed by atoms with E-state index in [1.54, 1.807) is 25.1 Å². The highest BCUT2D eigenvalue weighted by Gasteiger charge is 2.28. The second-order valence-electron chi connectivity index (χ2n) is 5.56. The van der Waals surface area contributed by atoms with Crippen LogP contribution in [0.1, 0.15) is 12.2 Å². The zero-order valence-electron chi connectivity index (χ0n) is 12.6. The lowest BCUT2D eigenvalue weighted by Gasteiger charge is -2.13. The van der Waals surface area contributed by atoms with Crippen molar-refractivity contribution in [1.82, 2.24) is 9.97 Å². The first-order valence-corrected chi connectivity index (χ1v) is 9.07. The van der Waals surface area contributed by atoms with Crippen molar-refractivity contribution in [2.75, 3.05) is 22.1 Å². The number of rotatable bonds is 4. The van der Waals surface area contributed by atoms with Gasteiger partial charge < -0.3 is 10.6 Å². The van der Waals surface area contributed by atoms with Crippen molar-refractivity contribution in [2.24, 2.45) is 0 Å². The molecule has 1 atom stereocenters. The van der Waals surface area contributed by atoms with Crippen molar-refractivity contribution in [3.05, 3.63) is 42.0 Å². The van der Waals surface area contributed by atoms with E-state index in [0.717, 1.165) is 0 Å². The van der Waals surface area contributed by atoms with E-state index in [0.29, 0.717) is 29.6 Å². The molecule has 1 unspecified atom stereocenters. The Labute approximate surface area is 134 Å². The van der Waals surface area contributed by atoms with Crippen LogP contribution in [-0.2, 0) is 9.84 Å². The average Bonchev–Trinajstić information content (AvgIpc) is 2.80. The van der Waals surface area contributed by atoms with Gasteiger partial charge >= 0.3 is 0 Å². The second-order valence-corrected chi connectivity index (χ2v) is 7.79. The first kappa shape index (κ1) is 15.7. The highest BCUT2D eigenvalue weighted by atomic mass is 32.2. The summed E-state index contributed by atoms with van der Waals surface area (Å²) in [5.41, 5.74) is 0.707. The van der Waals surface area contributed by atoms with Crippen LogP contribution < -0.4 is 10.6 Å². The fourth-order valence-electron chi connectivity index (χ4n) is 2.50. The zero-order valence-corrected chi connectivity index (χ0v) is 13.4. The predicted molar refractivity (Wildman–Crippen MR) is 87.1 cm³/mol. The van der Waals surface area contributed by atoms with Crippen molar-refractivity contribution in [2.45, 2.75) is 19.4 Å². The predicted octanol–water partition coefficient (Wildman–Crippen LogP) is 2.27. The summed E-state index contributed by atoms with van der Waals surface area (Å²) < 4.78 is 36.0. The lowest BCUT2D eigenvalue weighted by Crippen LogP contribution is -2.21. The molecule has 1 fully saturated rings. The van der Waals surface area contributed by atoms with Gasteiger partial charge in [0.2, 0.25) is 0 Å². The quantitative estimate of drug-likeness (QED) is 0.891. The molecule has 1 aliphatic heterocycles. The molecule has 23 heavy (non-hydrogen) atoms. The Bertz CT molecular complexity index is 809. The van der Waals surface area contributed by atoms with E-state index in [9.17, 15) is 12.8 Å². The molecule has 1 aliphatic rings. The smallest absolute Gasteiger partial charge is 0.152 e. The highest BCUT2D eigenvalue weighted by Crippen LogP contribution is 2.20. The molecular formula is C15H17FN4O2S. The first-order chi connectivity index (χ1) is 10.9. The Morgan fingerprint density at radius 2 is 1.87 bits per heavy atom. The van der Waals surface area contributed by atoms with Crippen molar-refractivity contribution >= 4 is 27.2 Å². The van der Waals surface area contributed by atoms with Crippen LogP contribution >= 0.6 is 0 Å². The van der Waals surface area contributed by atoms with Gasteiger partial charge in [0.1, 0.15) is 23.3 Å². The highest BCUT2D eigenvalue weighted by molar-refractivity contribution is 7.91. The largest absolute Gasteiger partial charge is 0.366 e. The summed E-state index contributed by atoms with van der Waals surface area (Å²) in [7, 11) is -2.95. The fourth-order valence-corrected chi connectivity index (χ4v) is 4.18. The van der Waals surface area contributed by atoms with Gasteiger partial charge in [-0.05, 0) is 37.6 Å². The lowest BCUT2D eigenvalue weighted by molar-refractivity contribution is 0.602. The summed E-state index contributed by atoms with van der Waals surface area (Å²) in [5.74, 6) is 1.71. The van der Waals surface area contributed by atoms with E-state index < -0.39 is 9.84 Å². The zero-order chi connectivity index (χ0) is 16.4. The molecule has 3 rings (SSSR count). The number of nitrogens with zero attached hydrogens (tertiary/aromatic N) is 2. The second kappa shape index (κ2) is 6.11. The minimum atomic E-state index is -2.95. The summed E-state index contributed by atoms with van der Waals surface area (Å²) in [5, 5.41) is 6.22. The monoisotopic (exact) mass is 336 g/mol. The third-order valence-corrected chi connectivity index (χ3v) is 5.31. The summed E-state index contributed by atoms with van der Waals surface area (Å²) >= 11 is 0. The van der Waals surface area contributed by atoms with Gasteiger partial charge in [-0.25, -0.2) is 22.8 Å². The number of aryl methyl sites for hydroxylation is 1. The fraction of sp³-hybridized carbons (Fsp3) is 0.333. The number of hydrogen-bond donors (Lipinski definition) is 2. The number of sulfone groups is 1. The molecule has 2 aromatic rings. The van der Waals surface area contributed by atoms with Crippen LogP contribution in [0.25, 0.3) is 0 Å². The van der Waals surface area contributed by atoms with E-state index >= 15 is 0 Å². The van der Waals surface area contributed by atoms with Crippen LogP contribution in [-0.4, -0.2) is 35.9 Å². The molecule has 1 aromatic heterocycles. The molecule has 0 radical (unpaired) electrons. The van der Waals surface area contributed by atoms with E-state index in [2.05, 4.69) is 20.6 Å². The molecule has 2 heterocycles. The van der Waals surface area contributed by atoms with Gasteiger partial charge in [0, 0.05) is 17.8 Å². The van der Waals surface area contributed by atoms with Crippen LogP contribution in [0.4, 0.5) is 21.7 Å². The van der Waals surface area contributed by atoms with Crippen LogP contribution in [0.15, 0.2) is 30.3 Å². The minimum absolute atomic E-state index is 0.122. The number of nitrogens with one attached hydrogen (secondary N) is 2. The molecule has 1 aromatic carbocycles. The van der Waals surface area contributed by atoms with E-state index in [4.69, 9.17) is 0 Å². The van der Waals surface area contributed by atoms with Crippen LogP contribution in [0.2, 0.25) is 0 Å². The Kier molecular flexibility index (Phi) is 4.16. The van der Waals surface area contributed by atoms with Gasteiger partial charge in [0.15, 0.2) is 9.84 Å². The van der Waals surface area contributed by atoms with Crippen molar-refractivity contribution in [3.8, 4) is 0 Å². The summed E-state index contributed by atoms with van der Waals surface area (Å²) in [6.45, 7) is 1.76. The topological polar surface area (TPSA) is 84.0 Å². The molecular weight excluding hydrogens is 319 g/mol. The Hall–Kier alpha value is -2.22. The third-order valence-electron chi connectivity index (χ3n) is 3.54. The normalized spacial score (nSPS) is 19.5. The standard InChI is InChI=1S/C15H17FN4O2S/c1-10-17-14(19-12-4-2-11(16)3-5-12)8-15(18-10)20-13-6-7-23(21,22)9-13/h2-5,8,13H,6-7,9H2,1H3,(H2,17,18,19,20). The van der Waals surface area contributed by atoms with Gasteiger partial charge in [-0.1, -0.05) is 0 Å². The van der Waals surface area contributed by atoms with Gasteiger partial charge in [-0.2, -0.15) is 0 Å². The van der Waals surface area contributed by atoms with Crippen LogP contribution in [0.3, 0.4) is 0 Å². The van der Waals surface area contributed by atoms with Gasteiger partial charge in [-0.15, -0.1) is 0 Å². The maximum absolute atomic E-state index is 12.9. The van der Waals surface area contributed by atoms with E-state index in [1.165, 1.54) is 12.1 Å². The molecule has 0 bridgehead atoms. The Morgan fingerprint density at radius 1 is 1.17 bits per heavy atom. The lowest BCUT2D eigenvalue weighted by atomic mass is 10.2. The average molecular weight is 336 g/mol. The number of benzene rings is 1. The Morgan fingerprint density at radius 3 is 2.52 bits per heavy atom. The summed E-state index contributed by atoms with van der Waals surface area (Å²) in [6.07, 6.45) is 0.576. The molecule has 6 nitrogen and oxygen atoms in total. The maximum Gasteiger partial charge on any atom is 0.152 e. The molecule has 0 amide bonds. The molecule has 0 aliphatic carbocycles. The van der Waals surface area contributed by atoms with Crippen molar-refractivity contribution in [3.63, 3.8) is 0 Å². The van der Waals surface area contributed by atoms with Gasteiger partial charge in [0.05, 0.1) is 11.5 Å². The van der Waals surface area contributed by atoms with E-state index in [-0.39, 0.29) is 23.4 Å². The van der Waals surface area contributed by atoms with Gasteiger partial charge in [0.25, 0.3) is 0 Å².